The van der Waals surface area contributed by atoms with E-state index in [1.807, 2.05) is 0 Å². The van der Waals surface area contributed by atoms with Crippen molar-refractivity contribution in [3.8, 4) is 0 Å². The van der Waals surface area contributed by atoms with Gasteiger partial charge in [-0.05, 0) is 30.2 Å². The topological polar surface area (TPSA) is 4.93 Å². The van der Waals surface area contributed by atoms with Crippen LogP contribution in [0.1, 0.15) is 12.0 Å². The van der Waals surface area contributed by atoms with Crippen LogP contribution in [0.25, 0.3) is 17.0 Å². The lowest BCUT2D eigenvalue weighted by molar-refractivity contribution is 0.969. The Kier molecular flexibility index (Phi) is 3.12. The highest BCUT2D eigenvalue weighted by Crippen LogP contribution is 2.17. The van der Waals surface area contributed by atoms with E-state index in [-0.39, 0.29) is 0 Å². The molecule has 0 amide bonds. The lowest BCUT2D eigenvalue weighted by Crippen LogP contribution is -1.83. The summed E-state index contributed by atoms with van der Waals surface area (Å²) < 4.78 is 2.13. The van der Waals surface area contributed by atoms with Gasteiger partial charge in [0.15, 0.2) is 0 Å². The molecule has 0 N–H and O–H groups in total. The van der Waals surface area contributed by atoms with Crippen molar-refractivity contribution in [2.24, 2.45) is 7.05 Å². The SMILES string of the molecule is Cn1ccc2cc(C=CCCCl)ccc21. The fraction of sp³-hybridized carbons (Fsp3) is 0.231. The van der Waals surface area contributed by atoms with E-state index >= 15 is 0 Å². The number of allylic oxidation sites excluding steroid dienone is 1. The van der Waals surface area contributed by atoms with Gasteiger partial charge in [-0.15, -0.1) is 11.6 Å². The van der Waals surface area contributed by atoms with Crippen molar-refractivity contribution in [1.82, 2.24) is 4.57 Å². The molecule has 0 spiro atoms. The third-order valence-electron chi connectivity index (χ3n) is 2.50. The lowest BCUT2D eigenvalue weighted by atomic mass is 10.1. The van der Waals surface area contributed by atoms with Crippen molar-refractivity contribution in [3.05, 3.63) is 42.1 Å². The van der Waals surface area contributed by atoms with E-state index in [4.69, 9.17) is 11.6 Å². The van der Waals surface area contributed by atoms with Gasteiger partial charge >= 0.3 is 0 Å². The zero-order valence-corrected chi connectivity index (χ0v) is 9.54. The minimum atomic E-state index is 0.685. The second kappa shape index (κ2) is 4.54. The fourth-order valence-electron chi connectivity index (χ4n) is 1.69. The van der Waals surface area contributed by atoms with Crippen LogP contribution >= 0.6 is 11.6 Å². The van der Waals surface area contributed by atoms with Crippen LogP contribution in [-0.2, 0) is 7.05 Å². The highest BCUT2D eigenvalue weighted by atomic mass is 35.5. The number of benzene rings is 1. The Hall–Kier alpha value is -1.21. The molecule has 15 heavy (non-hydrogen) atoms. The van der Waals surface area contributed by atoms with Crippen LogP contribution in [0.2, 0.25) is 0 Å². The monoisotopic (exact) mass is 219 g/mol. The summed E-state index contributed by atoms with van der Waals surface area (Å²) in [6.07, 6.45) is 7.23. The Balaban J connectivity index is 2.31. The molecule has 0 aliphatic rings. The van der Waals surface area contributed by atoms with Crippen molar-refractivity contribution >= 4 is 28.6 Å². The summed E-state index contributed by atoms with van der Waals surface area (Å²) in [4.78, 5) is 0. The third kappa shape index (κ3) is 2.24. The minimum absolute atomic E-state index is 0.685. The van der Waals surface area contributed by atoms with E-state index in [2.05, 4.69) is 54.2 Å². The van der Waals surface area contributed by atoms with Crippen LogP contribution in [0.5, 0.6) is 0 Å². The van der Waals surface area contributed by atoms with Gasteiger partial charge in [0.1, 0.15) is 0 Å². The molecule has 2 heteroatoms. The number of hydrogen-bond donors (Lipinski definition) is 0. The summed E-state index contributed by atoms with van der Waals surface area (Å²) in [7, 11) is 2.06. The highest BCUT2D eigenvalue weighted by molar-refractivity contribution is 6.17. The number of alkyl halides is 1. The first-order chi connectivity index (χ1) is 7.31. The molecule has 0 atom stereocenters. The van der Waals surface area contributed by atoms with Gasteiger partial charge in [0.05, 0.1) is 0 Å². The molecule has 2 aromatic rings. The highest BCUT2D eigenvalue weighted by Gasteiger charge is 1.96. The van der Waals surface area contributed by atoms with Crippen molar-refractivity contribution in [1.29, 1.82) is 0 Å². The van der Waals surface area contributed by atoms with Crippen LogP contribution < -0.4 is 0 Å². The van der Waals surface area contributed by atoms with E-state index in [1.54, 1.807) is 0 Å². The molecule has 0 unspecified atom stereocenters. The second-order valence-corrected chi connectivity index (χ2v) is 4.00. The number of aromatic nitrogens is 1. The van der Waals surface area contributed by atoms with Crippen molar-refractivity contribution in [2.75, 3.05) is 5.88 Å². The standard InChI is InChI=1S/C13H14ClN/c1-15-9-7-12-10-11(4-2-3-8-14)5-6-13(12)15/h2,4-7,9-10H,3,8H2,1H3. The molecule has 0 saturated heterocycles. The lowest BCUT2D eigenvalue weighted by Gasteiger charge is -1.97. The van der Waals surface area contributed by atoms with Gasteiger partial charge in [-0.1, -0.05) is 18.2 Å². The van der Waals surface area contributed by atoms with Gasteiger partial charge in [0, 0.05) is 30.0 Å². The Labute approximate surface area is 95.0 Å². The smallest absolute Gasteiger partial charge is 0.0478 e. The predicted molar refractivity (Wildman–Crippen MR) is 67.3 cm³/mol. The Bertz CT molecular complexity index is 482. The number of aryl methyl sites for hydroxylation is 1. The summed E-state index contributed by atoms with van der Waals surface area (Å²) >= 11 is 5.61. The van der Waals surface area contributed by atoms with E-state index in [1.165, 1.54) is 16.5 Å². The molecule has 1 aromatic heterocycles. The molecule has 78 valence electrons. The fourth-order valence-corrected chi connectivity index (χ4v) is 1.81. The van der Waals surface area contributed by atoms with E-state index in [0.29, 0.717) is 5.88 Å². The molecule has 1 heterocycles. The van der Waals surface area contributed by atoms with Gasteiger partial charge in [-0.3, -0.25) is 0 Å². The van der Waals surface area contributed by atoms with Gasteiger partial charge in [-0.25, -0.2) is 0 Å². The van der Waals surface area contributed by atoms with Gasteiger partial charge in [0.25, 0.3) is 0 Å². The zero-order chi connectivity index (χ0) is 10.7. The van der Waals surface area contributed by atoms with Crippen molar-refractivity contribution < 1.29 is 0 Å². The number of halogens is 1. The van der Waals surface area contributed by atoms with Gasteiger partial charge in [-0.2, -0.15) is 0 Å². The summed E-state index contributed by atoms with van der Waals surface area (Å²) in [5.74, 6) is 0.685. The second-order valence-electron chi connectivity index (χ2n) is 3.62. The average Bonchev–Trinajstić information content (AvgIpc) is 2.61. The van der Waals surface area contributed by atoms with Crippen LogP contribution in [0, 0.1) is 0 Å². The molecule has 0 saturated carbocycles. The Morgan fingerprint density at radius 2 is 2.20 bits per heavy atom. The number of fused-ring (bicyclic) bond motifs is 1. The largest absolute Gasteiger partial charge is 0.351 e. The summed E-state index contributed by atoms with van der Waals surface area (Å²) in [5, 5.41) is 1.28. The first kappa shape index (κ1) is 10.3. The number of nitrogens with zero attached hydrogens (tertiary/aromatic N) is 1. The molecule has 1 nitrogen and oxygen atoms in total. The first-order valence-electron chi connectivity index (χ1n) is 5.09. The van der Waals surface area contributed by atoms with Crippen molar-refractivity contribution in [3.63, 3.8) is 0 Å². The molecule has 0 bridgehead atoms. The number of hydrogen-bond acceptors (Lipinski definition) is 0. The van der Waals surface area contributed by atoms with Gasteiger partial charge < -0.3 is 4.57 Å². The molecular formula is C13H14ClN. The van der Waals surface area contributed by atoms with E-state index in [0.717, 1.165) is 6.42 Å². The molecule has 2 rings (SSSR count). The molecule has 0 radical (unpaired) electrons. The quantitative estimate of drug-likeness (QED) is 0.692. The maximum absolute atomic E-state index is 5.61. The summed E-state index contributed by atoms with van der Waals surface area (Å²) in [5.41, 5.74) is 2.50. The van der Waals surface area contributed by atoms with Crippen molar-refractivity contribution in [2.45, 2.75) is 6.42 Å². The van der Waals surface area contributed by atoms with Crippen LogP contribution in [0.4, 0.5) is 0 Å². The van der Waals surface area contributed by atoms with Crippen LogP contribution in [0.3, 0.4) is 0 Å². The molecule has 0 aliphatic carbocycles. The zero-order valence-electron chi connectivity index (χ0n) is 8.78. The Morgan fingerprint density at radius 3 is 3.00 bits per heavy atom. The van der Waals surface area contributed by atoms with Crippen LogP contribution in [-0.4, -0.2) is 10.4 Å². The third-order valence-corrected chi connectivity index (χ3v) is 2.71. The van der Waals surface area contributed by atoms with Gasteiger partial charge in [0.2, 0.25) is 0 Å². The molecule has 1 aromatic carbocycles. The maximum Gasteiger partial charge on any atom is 0.0478 e. The molecular weight excluding hydrogens is 206 g/mol. The average molecular weight is 220 g/mol. The predicted octanol–water partition coefficient (Wildman–Crippen LogP) is 3.82. The maximum atomic E-state index is 5.61. The summed E-state index contributed by atoms with van der Waals surface area (Å²) in [6, 6.07) is 8.61. The Morgan fingerprint density at radius 1 is 1.33 bits per heavy atom. The minimum Gasteiger partial charge on any atom is -0.351 e. The normalized spacial score (nSPS) is 11.6. The molecule has 0 fully saturated rings. The van der Waals surface area contributed by atoms with Crippen LogP contribution in [0.15, 0.2) is 36.5 Å². The molecule has 0 aliphatic heterocycles. The van der Waals surface area contributed by atoms with E-state index in [9.17, 15) is 0 Å². The van der Waals surface area contributed by atoms with E-state index < -0.39 is 0 Å². The summed E-state index contributed by atoms with van der Waals surface area (Å²) in [6.45, 7) is 0. The first-order valence-corrected chi connectivity index (χ1v) is 5.62. The number of rotatable bonds is 3.